The van der Waals surface area contributed by atoms with E-state index in [1.54, 1.807) is 0 Å². The molecular formula is C46H40N4OS. The minimum absolute atomic E-state index is 0.107. The molecule has 0 amide bonds. The van der Waals surface area contributed by atoms with E-state index in [0.717, 1.165) is 40.9 Å². The van der Waals surface area contributed by atoms with E-state index >= 15 is 0 Å². The average molecular weight is 697 g/mol. The van der Waals surface area contributed by atoms with Crippen LogP contribution in [-0.2, 0) is 5.41 Å². The number of aromatic nitrogens is 2. The zero-order valence-electron chi connectivity index (χ0n) is 30.1. The predicted octanol–water partition coefficient (Wildman–Crippen LogP) is 12.3. The summed E-state index contributed by atoms with van der Waals surface area (Å²) in [5.41, 5.74) is 13.3. The van der Waals surface area contributed by atoms with Gasteiger partial charge >= 0.3 is 0 Å². The largest absolute Gasteiger partial charge is 0.457 e. The molecule has 9 rings (SSSR count). The van der Waals surface area contributed by atoms with Crippen molar-refractivity contribution in [1.29, 1.82) is 0 Å². The summed E-state index contributed by atoms with van der Waals surface area (Å²) in [5, 5.41) is 0. The van der Waals surface area contributed by atoms with E-state index in [-0.39, 0.29) is 5.41 Å². The molecule has 1 aromatic heterocycles. The molecule has 2 aliphatic heterocycles. The third-order valence-corrected chi connectivity index (χ3v) is 11.6. The topological polar surface area (TPSA) is 33.5 Å². The van der Waals surface area contributed by atoms with Gasteiger partial charge in [-0.05, 0) is 104 Å². The van der Waals surface area contributed by atoms with Crippen molar-refractivity contribution in [3.8, 4) is 28.6 Å². The second kappa shape index (κ2) is 12.5. The standard InChI is InChI=1S/C46H40N4OS/c1-30-24-31(2)44(32(3)25-30)50-29-49(40-17-7-8-18-41(40)50)34-13-11-15-37(27-34)51-36-14-10-12-33(26-36)45-47-22-23-48(45)35-20-21-43-39(28-35)46(4,5)38-16-6-9-19-42(38)52-43/h6-28H,29H2,1-5H3. The number of imidazole rings is 1. The number of anilines is 4. The van der Waals surface area contributed by atoms with Gasteiger partial charge in [-0.1, -0.05) is 91.8 Å². The van der Waals surface area contributed by atoms with Gasteiger partial charge in [-0.15, -0.1) is 0 Å². The van der Waals surface area contributed by atoms with Crippen LogP contribution in [-0.4, -0.2) is 16.2 Å². The van der Waals surface area contributed by atoms with Gasteiger partial charge in [-0.3, -0.25) is 4.57 Å². The van der Waals surface area contributed by atoms with E-state index in [0.29, 0.717) is 0 Å². The van der Waals surface area contributed by atoms with Crippen molar-refractivity contribution in [2.45, 2.75) is 49.8 Å². The van der Waals surface area contributed by atoms with Crippen molar-refractivity contribution >= 4 is 34.5 Å². The fourth-order valence-electron chi connectivity index (χ4n) is 8.08. The lowest BCUT2D eigenvalue weighted by atomic mass is 9.77. The van der Waals surface area contributed by atoms with Crippen molar-refractivity contribution in [3.63, 3.8) is 0 Å². The molecule has 52 heavy (non-hydrogen) atoms. The van der Waals surface area contributed by atoms with Crippen LogP contribution in [0.3, 0.4) is 0 Å². The molecule has 0 fully saturated rings. The van der Waals surface area contributed by atoms with Crippen LogP contribution >= 0.6 is 11.8 Å². The maximum Gasteiger partial charge on any atom is 0.144 e. The summed E-state index contributed by atoms with van der Waals surface area (Å²) in [4.78, 5) is 12.3. The number of aryl methyl sites for hydroxylation is 3. The molecule has 3 heterocycles. The molecule has 5 nitrogen and oxygen atoms in total. The Morgan fingerprint density at radius 2 is 1.33 bits per heavy atom. The Bertz CT molecular complexity index is 2470. The van der Waals surface area contributed by atoms with Crippen LogP contribution in [0.25, 0.3) is 17.1 Å². The van der Waals surface area contributed by atoms with Crippen LogP contribution in [0.5, 0.6) is 11.5 Å². The zero-order valence-corrected chi connectivity index (χ0v) is 30.9. The van der Waals surface area contributed by atoms with Gasteiger partial charge in [-0.25, -0.2) is 4.98 Å². The van der Waals surface area contributed by atoms with E-state index in [9.17, 15) is 0 Å². The third-order valence-electron chi connectivity index (χ3n) is 10.4. The Balaban J connectivity index is 0.996. The lowest BCUT2D eigenvalue weighted by Crippen LogP contribution is -2.25. The van der Waals surface area contributed by atoms with E-state index < -0.39 is 0 Å². The number of hydrogen-bond donors (Lipinski definition) is 0. The van der Waals surface area contributed by atoms with Crippen molar-refractivity contribution in [2.75, 3.05) is 16.5 Å². The van der Waals surface area contributed by atoms with Gasteiger partial charge in [0.25, 0.3) is 0 Å². The highest BCUT2D eigenvalue weighted by Crippen LogP contribution is 2.50. The number of fused-ring (bicyclic) bond motifs is 3. The molecule has 0 saturated carbocycles. The molecule has 0 radical (unpaired) electrons. The van der Waals surface area contributed by atoms with Crippen LogP contribution in [0.4, 0.5) is 22.7 Å². The molecule has 2 aliphatic rings. The summed E-state index contributed by atoms with van der Waals surface area (Å²) in [5.74, 6) is 2.42. The first kappa shape index (κ1) is 32.2. The highest BCUT2D eigenvalue weighted by molar-refractivity contribution is 7.99. The SMILES string of the molecule is Cc1cc(C)c(N2CN(c3cccc(Oc4cccc(-c5nccn5-c5ccc6c(c5)C(C)(C)c5ccccc5S6)c4)c3)c3ccccc32)c(C)c1. The highest BCUT2D eigenvalue weighted by atomic mass is 32.2. The van der Waals surface area contributed by atoms with Gasteiger partial charge in [0.1, 0.15) is 24.0 Å². The van der Waals surface area contributed by atoms with Crippen LogP contribution in [0.15, 0.2) is 150 Å². The Morgan fingerprint density at radius 1 is 0.635 bits per heavy atom. The average Bonchev–Trinajstić information content (AvgIpc) is 3.78. The maximum absolute atomic E-state index is 6.57. The summed E-state index contributed by atoms with van der Waals surface area (Å²) < 4.78 is 8.74. The first-order valence-corrected chi connectivity index (χ1v) is 18.6. The third kappa shape index (κ3) is 5.46. The number of para-hydroxylation sites is 2. The van der Waals surface area contributed by atoms with Crippen molar-refractivity contribution in [2.24, 2.45) is 0 Å². The zero-order chi connectivity index (χ0) is 35.6. The molecule has 7 aromatic rings. The highest BCUT2D eigenvalue weighted by Gasteiger charge is 2.33. The fourth-order valence-corrected chi connectivity index (χ4v) is 9.46. The van der Waals surface area contributed by atoms with Gasteiger partial charge in [0.05, 0.1) is 11.4 Å². The number of benzene rings is 6. The minimum Gasteiger partial charge on any atom is -0.457 e. The van der Waals surface area contributed by atoms with E-state index in [2.05, 4.69) is 158 Å². The molecule has 0 aliphatic carbocycles. The molecule has 0 saturated heterocycles. The van der Waals surface area contributed by atoms with Crippen molar-refractivity contribution in [1.82, 2.24) is 9.55 Å². The number of ether oxygens (including phenoxy) is 1. The van der Waals surface area contributed by atoms with Crippen LogP contribution in [0.1, 0.15) is 41.7 Å². The Kier molecular flexibility index (Phi) is 7.74. The molecular weight excluding hydrogens is 657 g/mol. The molecule has 0 unspecified atom stereocenters. The molecule has 0 spiro atoms. The van der Waals surface area contributed by atoms with Crippen LogP contribution < -0.4 is 14.5 Å². The molecule has 0 N–H and O–H groups in total. The summed E-state index contributed by atoms with van der Waals surface area (Å²) in [7, 11) is 0. The number of hydrogen-bond acceptors (Lipinski definition) is 5. The molecule has 6 aromatic carbocycles. The van der Waals surface area contributed by atoms with Gasteiger partial charge < -0.3 is 14.5 Å². The van der Waals surface area contributed by atoms with Crippen molar-refractivity contribution < 1.29 is 4.74 Å². The smallest absolute Gasteiger partial charge is 0.144 e. The van der Waals surface area contributed by atoms with Gasteiger partial charge in [-0.2, -0.15) is 0 Å². The number of rotatable bonds is 6. The van der Waals surface area contributed by atoms with Gasteiger partial charge in [0, 0.05) is 56.3 Å². The molecule has 256 valence electrons. The minimum atomic E-state index is -0.107. The lowest BCUT2D eigenvalue weighted by Gasteiger charge is -2.34. The summed E-state index contributed by atoms with van der Waals surface area (Å²) >= 11 is 1.85. The lowest BCUT2D eigenvalue weighted by molar-refractivity contribution is 0.483. The summed E-state index contributed by atoms with van der Waals surface area (Å²) in [6.45, 7) is 11.9. The fraction of sp³-hybridized carbons (Fsp3) is 0.152. The Labute approximate surface area is 310 Å². The van der Waals surface area contributed by atoms with E-state index in [4.69, 9.17) is 9.72 Å². The van der Waals surface area contributed by atoms with Gasteiger partial charge in [0.15, 0.2) is 0 Å². The van der Waals surface area contributed by atoms with E-state index in [1.165, 1.54) is 54.7 Å². The molecule has 0 bridgehead atoms. The Hall–Kier alpha value is -5.72. The van der Waals surface area contributed by atoms with Crippen LogP contribution in [0.2, 0.25) is 0 Å². The molecule has 0 atom stereocenters. The Morgan fingerprint density at radius 3 is 2.13 bits per heavy atom. The van der Waals surface area contributed by atoms with Gasteiger partial charge in [0.2, 0.25) is 0 Å². The predicted molar refractivity (Wildman–Crippen MR) is 214 cm³/mol. The first-order valence-electron chi connectivity index (χ1n) is 17.8. The second-order valence-corrected chi connectivity index (χ2v) is 15.5. The number of nitrogens with zero attached hydrogens (tertiary/aromatic N) is 4. The summed E-state index contributed by atoms with van der Waals surface area (Å²) in [6.07, 6.45) is 3.92. The quantitative estimate of drug-likeness (QED) is 0.173. The molecule has 6 heteroatoms. The maximum atomic E-state index is 6.57. The second-order valence-electron chi connectivity index (χ2n) is 14.4. The normalized spacial score (nSPS) is 14.2. The monoisotopic (exact) mass is 696 g/mol. The summed E-state index contributed by atoms with van der Waals surface area (Å²) in [6, 6.07) is 45.3. The van der Waals surface area contributed by atoms with Crippen molar-refractivity contribution in [3.05, 3.63) is 168 Å². The van der Waals surface area contributed by atoms with Crippen LogP contribution in [0, 0.1) is 20.8 Å². The first-order chi connectivity index (χ1) is 25.2. The van der Waals surface area contributed by atoms with E-state index in [1.807, 2.05) is 42.4 Å².